The van der Waals surface area contributed by atoms with E-state index in [2.05, 4.69) is 10.2 Å². The van der Waals surface area contributed by atoms with Crippen LogP contribution < -0.4 is 5.32 Å². The molecule has 26 heavy (non-hydrogen) atoms. The van der Waals surface area contributed by atoms with Crippen LogP contribution in [0.5, 0.6) is 0 Å². The lowest BCUT2D eigenvalue weighted by Gasteiger charge is -2.42. The number of rotatable bonds is 5. The molecule has 1 aromatic rings. The Balaban J connectivity index is 0.00000169. The third kappa shape index (κ3) is 5.30. The molecule has 2 aliphatic rings. The molecular weight excluding hydrogens is 399 g/mol. The number of hydrogen-bond acceptors (Lipinski definition) is 6. The van der Waals surface area contributed by atoms with Crippen LogP contribution in [0, 0.1) is 11.3 Å². The third-order valence-electron chi connectivity index (χ3n) is 4.48. The van der Waals surface area contributed by atoms with Crippen LogP contribution in [0.3, 0.4) is 0 Å². The van der Waals surface area contributed by atoms with Gasteiger partial charge in [0.1, 0.15) is 0 Å². The van der Waals surface area contributed by atoms with Gasteiger partial charge >= 0.3 is 0 Å². The van der Waals surface area contributed by atoms with Gasteiger partial charge < -0.3 is 10.1 Å². The lowest BCUT2D eigenvalue weighted by molar-refractivity contribution is -0.103. The van der Waals surface area contributed by atoms with E-state index in [0.717, 1.165) is 26.2 Å². The van der Waals surface area contributed by atoms with Crippen molar-refractivity contribution < 1.29 is 13.2 Å². The second-order valence-electron chi connectivity index (χ2n) is 6.26. The molecule has 2 aliphatic heterocycles. The molecular formula is C16H24Cl2N4O3S. The van der Waals surface area contributed by atoms with Gasteiger partial charge in [0.2, 0.25) is 10.0 Å². The molecule has 3 rings (SSSR count). The number of likely N-dealkylation sites (N-methyl/N-ethyl adjacent to an activating group) is 1. The van der Waals surface area contributed by atoms with Crippen molar-refractivity contribution in [2.45, 2.75) is 17.1 Å². The first-order chi connectivity index (χ1) is 11.5. The number of morpholine rings is 2. The maximum atomic E-state index is 12.6. The van der Waals surface area contributed by atoms with Gasteiger partial charge in [-0.25, -0.2) is 8.42 Å². The van der Waals surface area contributed by atoms with Crippen LogP contribution >= 0.6 is 24.8 Å². The maximum absolute atomic E-state index is 12.6. The molecule has 2 bridgehead atoms. The van der Waals surface area contributed by atoms with E-state index >= 15 is 0 Å². The van der Waals surface area contributed by atoms with Gasteiger partial charge in [0.25, 0.3) is 0 Å². The predicted molar refractivity (Wildman–Crippen MR) is 103 cm³/mol. The molecule has 2 fully saturated rings. The SMILES string of the molecule is CN(CCN1CC2CNCC(C1)O2)S(=O)(=O)c1ccc(C#N)cc1.Cl.Cl. The summed E-state index contributed by atoms with van der Waals surface area (Å²) >= 11 is 0. The van der Waals surface area contributed by atoms with Gasteiger partial charge in [-0.2, -0.15) is 9.57 Å². The Bertz CT molecular complexity index is 712. The fourth-order valence-electron chi connectivity index (χ4n) is 3.11. The highest BCUT2D eigenvalue weighted by Gasteiger charge is 2.31. The molecule has 2 atom stereocenters. The van der Waals surface area contributed by atoms with Crippen LogP contribution in [-0.2, 0) is 14.8 Å². The van der Waals surface area contributed by atoms with Gasteiger partial charge in [-0.3, -0.25) is 4.90 Å². The van der Waals surface area contributed by atoms with E-state index in [1.54, 1.807) is 7.05 Å². The van der Waals surface area contributed by atoms with Gasteiger partial charge in [0.05, 0.1) is 28.7 Å². The van der Waals surface area contributed by atoms with Crippen LogP contribution in [0.1, 0.15) is 5.56 Å². The van der Waals surface area contributed by atoms with Crippen molar-refractivity contribution >= 4 is 34.8 Å². The number of nitriles is 1. The van der Waals surface area contributed by atoms with Crippen LogP contribution in [0.25, 0.3) is 0 Å². The third-order valence-corrected chi connectivity index (χ3v) is 6.35. The quantitative estimate of drug-likeness (QED) is 0.751. The number of sulfonamides is 1. The Kier molecular flexibility index (Phi) is 8.76. The van der Waals surface area contributed by atoms with Crippen LogP contribution in [-0.4, -0.2) is 76.1 Å². The van der Waals surface area contributed by atoms with Crippen molar-refractivity contribution in [2.75, 3.05) is 46.3 Å². The molecule has 0 aromatic heterocycles. The van der Waals surface area contributed by atoms with Crippen molar-refractivity contribution in [1.82, 2.24) is 14.5 Å². The Morgan fingerprint density at radius 1 is 1.23 bits per heavy atom. The number of ether oxygens (including phenoxy) is 1. The Labute approximate surface area is 167 Å². The zero-order valence-corrected chi connectivity index (χ0v) is 16.9. The summed E-state index contributed by atoms with van der Waals surface area (Å²) in [4.78, 5) is 2.48. The molecule has 10 heteroatoms. The Hall–Kier alpha value is -0.920. The number of nitrogens with one attached hydrogen (secondary N) is 1. The van der Waals surface area contributed by atoms with Crippen molar-refractivity contribution in [3.63, 3.8) is 0 Å². The van der Waals surface area contributed by atoms with E-state index in [4.69, 9.17) is 10.00 Å². The van der Waals surface area contributed by atoms with Crippen molar-refractivity contribution in [3.8, 4) is 6.07 Å². The van der Waals surface area contributed by atoms with Gasteiger partial charge in [-0.1, -0.05) is 0 Å². The van der Waals surface area contributed by atoms with E-state index < -0.39 is 10.0 Å². The molecule has 0 radical (unpaired) electrons. The molecule has 0 spiro atoms. The second kappa shape index (κ2) is 9.85. The zero-order chi connectivity index (χ0) is 17.2. The van der Waals surface area contributed by atoms with Crippen LogP contribution in [0.15, 0.2) is 29.2 Å². The number of halogens is 2. The Morgan fingerprint density at radius 3 is 2.35 bits per heavy atom. The fourth-order valence-corrected chi connectivity index (χ4v) is 4.27. The maximum Gasteiger partial charge on any atom is 0.242 e. The summed E-state index contributed by atoms with van der Waals surface area (Å²) in [5, 5.41) is 12.2. The molecule has 1 N–H and O–H groups in total. The number of nitrogens with zero attached hydrogens (tertiary/aromatic N) is 3. The average Bonchev–Trinajstić information content (AvgIpc) is 2.59. The second-order valence-corrected chi connectivity index (χ2v) is 8.31. The smallest absolute Gasteiger partial charge is 0.242 e. The summed E-state index contributed by atoms with van der Waals surface area (Å²) in [6.07, 6.45) is 0.385. The lowest BCUT2D eigenvalue weighted by Crippen LogP contribution is -2.59. The summed E-state index contributed by atoms with van der Waals surface area (Å²) < 4.78 is 32.4. The topological polar surface area (TPSA) is 85.7 Å². The summed E-state index contributed by atoms with van der Waals surface area (Å²) in [5.74, 6) is 0. The van der Waals surface area contributed by atoms with E-state index in [0.29, 0.717) is 18.7 Å². The van der Waals surface area contributed by atoms with Crippen LogP contribution in [0.2, 0.25) is 0 Å². The highest BCUT2D eigenvalue weighted by molar-refractivity contribution is 7.89. The molecule has 1 aromatic carbocycles. The zero-order valence-electron chi connectivity index (χ0n) is 14.5. The van der Waals surface area contributed by atoms with Gasteiger partial charge in [0.15, 0.2) is 0 Å². The monoisotopic (exact) mass is 422 g/mol. The number of hydrogen-bond donors (Lipinski definition) is 1. The Morgan fingerprint density at radius 2 is 1.81 bits per heavy atom. The minimum absolute atomic E-state index is 0. The normalized spacial score (nSPS) is 22.8. The molecule has 0 saturated carbocycles. The van der Waals surface area contributed by atoms with Crippen molar-refractivity contribution in [2.24, 2.45) is 0 Å². The summed E-state index contributed by atoms with van der Waals surface area (Å²) in [6.45, 7) is 4.47. The minimum Gasteiger partial charge on any atom is -0.370 e. The number of benzene rings is 1. The van der Waals surface area contributed by atoms with Crippen LogP contribution in [0.4, 0.5) is 0 Å². The van der Waals surface area contributed by atoms with E-state index in [-0.39, 0.29) is 41.9 Å². The molecule has 0 aliphatic carbocycles. The predicted octanol–water partition coefficient (Wildman–Crippen LogP) is 0.695. The first-order valence-corrected chi connectivity index (χ1v) is 9.48. The minimum atomic E-state index is -3.53. The lowest BCUT2D eigenvalue weighted by atomic mass is 10.1. The van der Waals surface area contributed by atoms with Crippen molar-refractivity contribution in [3.05, 3.63) is 29.8 Å². The summed E-state index contributed by atoms with van der Waals surface area (Å²) in [7, 11) is -1.94. The van der Waals surface area contributed by atoms with Gasteiger partial charge in [-0.15, -0.1) is 24.8 Å². The molecule has 146 valence electrons. The average molecular weight is 423 g/mol. The highest BCUT2D eigenvalue weighted by Crippen LogP contribution is 2.17. The molecule has 2 unspecified atom stereocenters. The molecule has 2 heterocycles. The van der Waals surface area contributed by atoms with E-state index in [1.807, 2.05) is 6.07 Å². The standard InChI is InChI=1S/C16H22N4O3S.2ClH/c1-19(24(21,22)16-4-2-13(8-17)3-5-16)6-7-20-11-14-9-18-10-15(12-20)23-14;;/h2-5,14-15,18H,6-7,9-12H2,1H3;2*1H. The first-order valence-electron chi connectivity index (χ1n) is 8.04. The largest absolute Gasteiger partial charge is 0.370 e. The van der Waals surface area contributed by atoms with E-state index in [9.17, 15) is 8.42 Å². The van der Waals surface area contributed by atoms with Gasteiger partial charge in [0, 0.05) is 46.3 Å². The fraction of sp³-hybridized carbons (Fsp3) is 0.562. The molecule has 2 saturated heterocycles. The van der Waals surface area contributed by atoms with Gasteiger partial charge in [-0.05, 0) is 24.3 Å². The van der Waals surface area contributed by atoms with Crippen molar-refractivity contribution in [1.29, 1.82) is 5.26 Å². The van der Waals surface area contributed by atoms with E-state index in [1.165, 1.54) is 28.6 Å². The number of fused-ring (bicyclic) bond motifs is 2. The molecule has 7 nitrogen and oxygen atoms in total. The highest BCUT2D eigenvalue weighted by atomic mass is 35.5. The molecule has 0 amide bonds. The summed E-state index contributed by atoms with van der Waals surface area (Å²) in [5.41, 5.74) is 0.449. The summed E-state index contributed by atoms with van der Waals surface area (Å²) in [6, 6.07) is 8.00. The first kappa shape index (κ1) is 23.1.